The van der Waals surface area contributed by atoms with Crippen LogP contribution < -0.4 is 16.2 Å². The first kappa shape index (κ1) is 15.3. The molecule has 116 valence electrons. The van der Waals surface area contributed by atoms with Crippen molar-refractivity contribution in [2.24, 2.45) is 5.73 Å². The molecule has 0 atom stereocenters. The zero-order chi connectivity index (χ0) is 16.4. The summed E-state index contributed by atoms with van der Waals surface area (Å²) < 4.78 is 0.776. The molecule has 0 aliphatic carbocycles. The quantitative estimate of drug-likeness (QED) is 0.572. The van der Waals surface area contributed by atoms with Crippen molar-refractivity contribution in [3.05, 3.63) is 76.6 Å². The maximum absolute atomic E-state index is 12.3. The third kappa shape index (κ3) is 2.86. The van der Waals surface area contributed by atoms with Crippen molar-refractivity contribution in [3.63, 3.8) is 0 Å². The van der Waals surface area contributed by atoms with Crippen molar-refractivity contribution in [2.45, 2.75) is 6.54 Å². The van der Waals surface area contributed by atoms with Crippen LogP contribution in [0.1, 0.15) is 5.56 Å². The molecule has 23 heavy (non-hydrogen) atoms. The number of aromatic nitrogens is 1. The number of hydrogen-bond donors (Lipinski definition) is 2. The summed E-state index contributed by atoms with van der Waals surface area (Å²) in [7, 11) is 0. The van der Waals surface area contributed by atoms with Gasteiger partial charge >= 0.3 is 0 Å². The number of nitrogen functional groups attached to an aromatic ring is 1. The van der Waals surface area contributed by atoms with Gasteiger partial charge in [-0.05, 0) is 29.3 Å². The maximum atomic E-state index is 12.3. The fraction of sp³-hybridized carbons (Fsp3) is 0.0556. The van der Waals surface area contributed by atoms with Crippen LogP contribution in [0.2, 0.25) is 5.02 Å². The van der Waals surface area contributed by atoms with Crippen molar-refractivity contribution in [2.75, 3.05) is 5.73 Å². The average molecular weight is 326 g/mol. The highest BCUT2D eigenvalue weighted by Gasteiger charge is 2.20. The summed E-state index contributed by atoms with van der Waals surface area (Å²) in [4.78, 5) is 0. The number of pyridine rings is 1. The van der Waals surface area contributed by atoms with Gasteiger partial charge in [-0.1, -0.05) is 41.9 Å². The molecule has 1 heterocycles. The average Bonchev–Trinajstić information content (AvgIpc) is 2.55. The Hall–Kier alpha value is -2.56. The van der Waals surface area contributed by atoms with E-state index in [0.29, 0.717) is 22.9 Å². The molecule has 3 rings (SSSR count). The number of rotatable bonds is 3. The molecule has 0 fully saturated rings. The van der Waals surface area contributed by atoms with E-state index < -0.39 is 0 Å². The van der Waals surface area contributed by atoms with Crippen molar-refractivity contribution >= 4 is 17.3 Å². The lowest BCUT2D eigenvalue weighted by molar-refractivity contribution is -0.592. The van der Waals surface area contributed by atoms with Crippen LogP contribution in [0.3, 0.4) is 0 Å². The molecule has 0 saturated heterocycles. The zero-order valence-electron chi connectivity index (χ0n) is 12.4. The van der Waals surface area contributed by atoms with E-state index in [0.717, 1.165) is 27.0 Å². The van der Waals surface area contributed by atoms with Gasteiger partial charge in [0.2, 0.25) is 5.69 Å². The summed E-state index contributed by atoms with van der Waals surface area (Å²) in [6.45, 7) is 0.330. The lowest BCUT2D eigenvalue weighted by Gasteiger charge is -2.14. The smallest absolute Gasteiger partial charge is 0.247 e. The number of hydrogen-bond acceptors (Lipinski definition) is 3. The molecule has 0 radical (unpaired) electrons. The summed E-state index contributed by atoms with van der Waals surface area (Å²) in [6, 6.07) is 16.6. The van der Waals surface area contributed by atoms with Gasteiger partial charge in [-0.25, -0.2) is 0 Å². The molecular weight excluding hydrogens is 310 g/mol. The van der Waals surface area contributed by atoms with E-state index in [1.165, 1.54) is 6.20 Å². The van der Waals surface area contributed by atoms with Gasteiger partial charge in [-0.2, -0.15) is 4.73 Å². The Bertz CT molecular complexity index is 865. The zero-order valence-corrected chi connectivity index (χ0v) is 13.1. The number of anilines is 1. The first-order chi connectivity index (χ1) is 11.1. The molecule has 2 aromatic carbocycles. The van der Waals surface area contributed by atoms with E-state index in [4.69, 9.17) is 23.1 Å². The highest BCUT2D eigenvalue weighted by atomic mass is 35.5. The second kappa shape index (κ2) is 6.28. The van der Waals surface area contributed by atoms with Gasteiger partial charge in [-0.15, -0.1) is 0 Å². The Balaban J connectivity index is 2.25. The third-order valence-electron chi connectivity index (χ3n) is 3.77. The summed E-state index contributed by atoms with van der Waals surface area (Å²) in [6.07, 6.45) is 1.45. The van der Waals surface area contributed by atoms with Gasteiger partial charge in [0.05, 0.1) is 5.56 Å². The van der Waals surface area contributed by atoms with Gasteiger partial charge < -0.3 is 16.7 Å². The molecule has 4 N–H and O–H groups in total. The predicted octanol–water partition coefficient (Wildman–Crippen LogP) is 3.35. The summed E-state index contributed by atoms with van der Waals surface area (Å²) in [5, 5.41) is 12.9. The van der Waals surface area contributed by atoms with Crippen LogP contribution in [-0.4, -0.2) is 0 Å². The molecule has 0 amide bonds. The molecule has 3 aromatic rings. The topological polar surface area (TPSA) is 79.0 Å². The normalized spacial score (nSPS) is 10.7. The van der Waals surface area contributed by atoms with Crippen molar-refractivity contribution in [1.29, 1.82) is 0 Å². The third-order valence-corrected chi connectivity index (χ3v) is 4.01. The molecule has 0 saturated carbocycles. The molecule has 1 aromatic heterocycles. The largest absolute Gasteiger partial charge is 0.618 e. The molecule has 0 unspecified atom stereocenters. The second-order valence-corrected chi connectivity index (χ2v) is 5.63. The summed E-state index contributed by atoms with van der Waals surface area (Å²) in [5.41, 5.74) is 16.2. The standard InChI is InChI=1S/C18H16ClN3O/c19-14-6-3-5-12(10-14)15-8-9-22(23)18(17(15)21)16-7-2-1-4-13(16)11-20/h1-10H,11,20-21H2. The van der Waals surface area contributed by atoms with Gasteiger partial charge in [0, 0.05) is 23.2 Å². The Morgan fingerprint density at radius 3 is 2.52 bits per heavy atom. The van der Waals surface area contributed by atoms with Crippen LogP contribution in [0.5, 0.6) is 0 Å². The van der Waals surface area contributed by atoms with Gasteiger partial charge in [0.15, 0.2) is 6.20 Å². The maximum Gasteiger partial charge on any atom is 0.247 e. The SMILES string of the molecule is NCc1ccccc1-c1c(N)c(-c2cccc(Cl)c2)cc[n+]1[O-]. The van der Waals surface area contributed by atoms with Crippen LogP contribution in [0, 0.1) is 5.21 Å². The minimum Gasteiger partial charge on any atom is -0.618 e. The number of nitrogens with zero attached hydrogens (tertiary/aromatic N) is 1. The van der Waals surface area contributed by atoms with Gasteiger partial charge in [0.1, 0.15) is 5.69 Å². The monoisotopic (exact) mass is 325 g/mol. The van der Waals surface area contributed by atoms with E-state index in [1.807, 2.05) is 42.5 Å². The Morgan fingerprint density at radius 1 is 1.00 bits per heavy atom. The molecule has 5 heteroatoms. The highest BCUT2D eigenvalue weighted by molar-refractivity contribution is 6.30. The Labute approximate surface area is 139 Å². The van der Waals surface area contributed by atoms with E-state index in [9.17, 15) is 5.21 Å². The molecule has 0 bridgehead atoms. The summed E-state index contributed by atoms with van der Waals surface area (Å²) >= 11 is 6.06. The lowest BCUT2D eigenvalue weighted by Crippen LogP contribution is -2.30. The van der Waals surface area contributed by atoms with E-state index in [2.05, 4.69) is 0 Å². The molecule has 4 nitrogen and oxygen atoms in total. The van der Waals surface area contributed by atoms with Crippen LogP contribution >= 0.6 is 11.6 Å². The first-order valence-electron chi connectivity index (χ1n) is 7.17. The van der Waals surface area contributed by atoms with Crippen LogP contribution in [0.25, 0.3) is 22.4 Å². The van der Waals surface area contributed by atoms with E-state index >= 15 is 0 Å². The molecule has 0 aliphatic rings. The van der Waals surface area contributed by atoms with Crippen molar-refractivity contribution in [3.8, 4) is 22.4 Å². The highest BCUT2D eigenvalue weighted by Crippen LogP contribution is 2.34. The van der Waals surface area contributed by atoms with Crippen molar-refractivity contribution in [1.82, 2.24) is 0 Å². The van der Waals surface area contributed by atoms with Crippen LogP contribution in [-0.2, 0) is 6.54 Å². The van der Waals surface area contributed by atoms with Gasteiger partial charge in [-0.3, -0.25) is 0 Å². The minimum atomic E-state index is 0.330. The van der Waals surface area contributed by atoms with E-state index in [1.54, 1.807) is 12.1 Å². The predicted molar refractivity (Wildman–Crippen MR) is 93.6 cm³/mol. The Kier molecular flexibility index (Phi) is 4.19. The fourth-order valence-electron chi connectivity index (χ4n) is 2.65. The molecule has 0 aliphatic heterocycles. The lowest BCUT2D eigenvalue weighted by atomic mass is 9.98. The van der Waals surface area contributed by atoms with Crippen molar-refractivity contribution < 1.29 is 4.73 Å². The molecular formula is C18H16ClN3O. The van der Waals surface area contributed by atoms with E-state index in [-0.39, 0.29) is 0 Å². The van der Waals surface area contributed by atoms with Crippen LogP contribution in [0.4, 0.5) is 5.69 Å². The van der Waals surface area contributed by atoms with Gasteiger partial charge in [0.25, 0.3) is 0 Å². The number of nitrogens with two attached hydrogens (primary N) is 2. The Morgan fingerprint density at radius 2 is 1.78 bits per heavy atom. The minimum absolute atomic E-state index is 0.330. The first-order valence-corrected chi connectivity index (χ1v) is 7.55. The second-order valence-electron chi connectivity index (χ2n) is 5.19. The fourth-order valence-corrected chi connectivity index (χ4v) is 2.84. The molecule has 0 spiro atoms. The number of halogens is 1. The number of benzene rings is 2. The van der Waals surface area contributed by atoms with Crippen LogP contribution in [0.15, 0.2) is 60.8 Å². The summed E-state index contributed by atoms with van der Waals surface area (Å²) in [5.74, 6) is 0.